The Hall–Kier alpha value is -1.94. The SMILES string of the molecule is O=[SH](=O)NC1CCCCC1.O=c1[nH]c(C(F)(F)F)nc2ccccc12. The van der Waals surface area contributed by atoms with E-state index in [9.17, 15) is 26.4 Å². The van der Waals surface area contributed by atoms with Crippen LogP contribution in [0.1, 0.15) is 37.9 Å². The predicted molar refractivity (Wildman–Crippen MR) is 87.7 cm³/mol. The van der Waals surface area contributed by atoms with Crippen LogP contribution in [0, 0.1) is 0 Å². The summed E-state index contributed by atoms with van der Waals surface area (Å²) in [5.74, 6) is -1.27. The van der Waals surface area contributed by atoms with Crippen LogP contribution < -0.4 is 10.3 Å². The fraction of sp³-hybridized carbons (Fsp3) is 0.467. The summed E-state index contributed by atoms with van der Waals surface area (Å²) in [6, 6.07) is 6.10. The predicted octanol–water partition coefficient (Wildman–Crippen LogP) is 2.38. The molecule has 2 N–H and O–H groups in total. The van der Waals surface area contributed by atoms with Crippen molar-refractivity contribution in [3.05, 3.63) is 40.4 Å². The minimum absolute atomic E-state index is 0.0357. The maximum atomic E-state index is 12.3. The van der Waals surface area contributed by atoms with Gasteiger partial charge in [0.15, 0.2) is 0 Å². The number of aromatic nitrogens is 2. The van der Waals surface area contributed by atoms with Crippen molar-refractivity contribution >= 4 is 21.8 Å². The highest BCUT2D eigenvalue weighted by Gasteiger charge is 2.34. The van der Waals surface area contributed by atoms with Crippen molar-refractivity contribution in [1.29, 1.82) is 0 Å². The van der Waals surface area contributed by atoms with Gasteiger partial charge in [0.25, 0.3) is 5.56 Å². The molecule has 0 amide bonds. The molecule has 0 bridgehead atoms. The van der Waals surface area contributed by atoms with E-state index < -0.39 is 28.5 Å². The summed E-state index contributed by atoms with van der Waals surface area (Å²) in [5.41, 5.74) is -0.749. The van der Waals surface area contributed by atoms with Gasteiger partial charge in [-0.3, -0.25) is 4.79 Å². The molecule has 25 heavy (non-hydrogen) atoms. The zero-order valence-corrected chi connectivity index (χ0v) is 14.1. The third-order valence-electron chi connectivity index (χ3n) is 3.77. The van der Waals surface area contributed by atoms with E-state index in [1.165, 1.54) is 37.5 Å². The first kappa shape index (κ1) is 19.4. The zero-order chi connectivity index (χ0) is 18.4. The van der Waals surface area contributed by atoms with Crippen molar-refractivity contribution in [2.45, 2.75) is 44.3 Å². The van der Waals surface area contributed by atoms with Crippen LogP contribution in [0.4, 0.5) is 13.2 Å². The normalized spacial score (nSPS) is 15.8. The third-order valence-corrected chi connectivity index (χ3v) is 4.35. The van der Waals surface area contributed by atoms with Gasteiger partial charge >= 0.3 is 6.18 Å². The largest absolute Gasteiger partial charge is 0.449 e. The molecule has 10 heteroatoms. The van der Waals surface area contributed by atoms with Crippen LogP contribution in [-0.4, -0.2) is 24.4 Å². The van der Waals surface area contributed by atoms with Gasteiger partial charge in [-0.15, -0.1) is 0 Å². The number of benzene rings is 1. The maximum absolute atomic E-state index is 12.3. The summed E-state index contributed by atoms with van der Waals surface area (Å²) in [4.78, 5) is 16.3. The molecule has 6 nitrogen and oxygen atoms in total. The number of para-hydroxylation sites is 1. The first-order valence-electron chi connectivity index (χ1n) is 7.74. The quantitative estimate of drug-likeness (QED) is 0.701. The number of thiol groups is 1. The summed E-state index contributed by atoms with van der Waals surface area (Å²) in [6.45, 7) is 0. The van der Waals surface area contributed by atoms with Crippen molar-refractivity contribution in [2.24, 2.45) is 0 Å². The van der Waals surface area contributed by atoms with Crippen LogP contribution in [0.5, 0.6) is 0 Å². The lowest BCUT2D eigenvalue weighted by Crippen LogP contribution is -2.29. The molecule has 1 aliphatic carbocycles. The molecule has 0 radical (unpaired) electrons. The van der Waals surface area contributed by atoms with E-state index in [2.05, 4.69) is 9.71 Å². The second-order valence-corrected chi connectivity index (χ2v) is 6.42. The van der Waals surface area contributed by atoms with E-state index in [0.29, 0.717) is 0 Å². The van der Waals surface area contributed by atoms with Gasteiger partial charge in [-0.1, -0.05) is 31.4 Å². The Morgan fingerprint density at radius 2 is 1.76 bits per heavy atom. The summed E-state index contributed by atoms with van der Waals surface area (Å²) in [5, 5.41) is 0.144. The molecule has 0 unspecified atom stereocenters. The van der Waals surface area contributed by atoms with E-state index in [-0.39, 0.29) is 16.9 Å². The van der Waals surface area contributed by atoms with E-state index >= 15 is 0 Å². The highest BCUT2D eigenvalue weighted by atomic mass is 32.2. The summed E-state index contributed by atoms with van der Waals surface area (Å²) >= 11 is 0. The number of alkyl halides is 3. The number of rotatable bonds is 2. The lowest BCUT2D eigenvalue weighted by atomic mass is 9.96. The molecule has 1 aliphatic rings. The Labute approximate surface area is 143 Å². The molecule has 1 fully saturated rings. The van der Waals surface area contributed by atoms with E-state index in [1.54, 1.807) is 11.1 Å². The lowest BCUT2D eigenvalue weighted by Gasteiger charge is -2.19. The van der Waals surface area contributed by atoms with Crippen LogP contribution in [0.15, 0.2) is 29.1 Å². The van der Waals surface area contributed by atoms with Gasteiger partial charge < -0.3 is 4.98 Å². The zero-order valence-electron chi connectivity index (χ0n) is 13.2. The van der Waals surface area contributed by atoms with E-state index in [0.717, 1.165) is 12.8 Å². The van der Waals surface area contributed by atoms with E-state index in [4.69, 9.17) is 0 Å². The molecule has 138 valence electrons. The Bertz CT molecular complexity index is 835. The number of nitrogens with one attached hydrogen (secondary N) is 2. The smallest absolute Gasteiger partial charge is 0.302 e. The van der Waals surface area contributed by atoms with Gasteiger partial charge in [0.2, 0.25) is 16.7 Å². The molecular formula is C15H18F3N3O3S. The van der Waals surface area contributed by atoms with Gasteiger partial charge in [0.05, 0.1) is 10.9 Å². The fourth-order valence-electron chi connectivity index (χ4n) is 2.60. The monoisotopic (exact) mass is 377 g/mol. The summed E-state index contributed by atoms with van der Waals surface area (Å²) in [6.07, 6.45) is 0.991. The van der Waals surface area contributed by atoms with Gasteiger partial charge in [0, 0.05) is 6.04 Å². The molecule has 0 saturated heterocycles. The maximum Gasteiger partial charge on any atom is 0.449 e. The number of nitrogens with zero attached hydrogens (tertiary/aromatic N) is 1. The molecule has 1 saturated carbocycles. The number of fused-ring (bicyclic) bond motifs is 1. The average molecular weight is 377 g/mol. The molecule has 1 aromatic carbocycles. The van der Waals surface area contributed by atoms with Crippen molar-refractivity contribution in [1.82, 2.24) is 14.7 Å². The van der Waals surface area contributed by atoms with E-state index in [1.807, 2.05) is 0 Å². The number of H-pyrrole nitrogens is 1. The highest BCUT2D eigenvalue weighted by molar-refractivity contribution is 7.70. The Balaban J connectivity index is 0.000000196. The van der Waals surface area contributed by atoms with Crippen molar-refractivity contribution in [2.75, 3.05) is 0 Å². The minimum atomic E-state index is -4.64. The Morgan fingerprint density at radius 3 is 2.36 bits per heavy atom. The van der Waals surface area contributed by atoms with Crippen molar-refractivity contribution in [3.8, 4) is 0 Å². The molecule has 0 spiro atoms. The van der Waals surface area contributed by atoms with Crippen LogP contribution >= 0.6 is 0 Å². The van der Waals surface area contributed by atoms with Gasteiger partial charge in [-0.05, 0) is 25.0 Å². The molecule has 0 aliphatic heterocycles. The topological polar surface area (TPSA) is 91.9 Å². The summed E-state index contributed by atoms with van der Waals surface area (Å²) in [7, 11) is -2.37. The van der Waals surface area contributed by atoms with Crippen molar-refractivity contribution < 1.29 is 21.6 Å². The van der Waals surface area contributed by atoms with Gasteiger partial charge in [-0.25, -0.2) is 18.1 Å². The number of halogens is 3. The Morgan fingerprint density at radius 1 is 1.12 bits per heavy atom. The number of hydrogen-bond donors (Lipinski definition) is 3. The molecule has 1 heterocycles. The fourth-order valence-corrected chi connectivity index (χ4v) is 3.16. The van der Waals surface area contributed by atoms with Gasteiger partial charge in [0.1, 0.15) is 0 Å². The number of aromatic amines is 1. The lowest BCUT2D eigenvalue weighted by molar-refractivity contribution is -0.144. The molecule has 3 rings (SSSR count). The second-order valence-electron chi connectivity index (χ2n) is 5.65. The van der Waals surface area contributed by atoms with Crippen LogP contribution in [0.25, 0.3) is 10.9 Å². The highest BCUT2D eigenvalue weighted by Crippen LogP contribution is 2.25. The minimum Gasteiger partial charge on any atom is -0.302 e. The molecule has 2 aromatic rings. The van der Waals surface area contributed by atoms with Crippen LogP contribution in [-0.2, 0) is 17.1 Å². The number of hydrogen-bond acceptors (Lipinski definition) is 4. The standard InChI is InChI=1S/C9H5F3N2O.C6H13NO2S/c10-9(11,12)8-13-6-4-2-1-3-5(6)7(15)14-8;8-10(9)7-6-4-2-1-3-5-6/h1-4H,(H,13,14,15);6,10H,1-5H2,(H,7,8,9). The first-order chi connectivity index (χ1) is 11.8. The molecular weight excluding hydrogens is 359 g/mol. The first-order valence-corrected chi connectivity index (χ1v) is 8.92. The third kappa shape index (κ3) is 5.82. The van der Waals surface area contributed by atoms with Crippen molar-refractivity contribution in [3.63, 3.8) is 0 Å². The van der Waals surface area contributed by atoms with Crippen LogP contribution in [0.3, 0.4) is 0 Å². The average Bonchev–Trinajstić information content (AvgIpc) is 2.55. The van der Waals surface area contributed by atoms with Crippen LogP contribution in [0.2, 0.25) is 0 Å². The molecule has 0 atom stereocenters. The Kier molecular flexibility index (Phi) is 6.54. The second kappa shape index (κ2) is 8.43. The molecule has 1 aromatic heterocycles. The summed E-state index contributed by atoms with van der Waals surface area (Å²) < 4.78 is 59.7. The van der Waals surface area contributed by atoms with Gasteiger partial charge in [-0.2, -0.15) is 13.2 Å².